The van der Waals surface area contributed by atoms with E-state index in [0.29, 0.717) is 0 Å². The second-order valence-corrected chi connectivity index (χ2v) is 11.4. The number of benzene rings is 1. The summed E-state index contributed by atoms with van der Waals surface area (Å²) >= 11 is 0. The molecule has 34 heavy (non-hydrogen) atoms. The largest absolute Gasteiger partial charge is 0.353 e. The maximum Gasteiger partial charge on any atom is 0.317 e. The van der Waals surface area contributed by atoms with Crippen LogP contribution in [0.3, 0.4) is 0 Å². The van der Waals surface area contributed by atoms with E-state index < -0.39 is 0 Å². The van der Waals surface area contributed by atoms with Crippen molar-refractivity contribution in [2.75, 3.05) is 31.1 Å². The van der Waals surface area contributed by atoms with Gasteiger partial charge in [0.2, 0.25) is 0 Å². The summed E-state index contributed by atoms with van der Waals surface area (Å²) in [5, 5.41) is 3.55. The van der Waals surface area contributed by atoms with Gasteiger partial charge in [0.25, 0.3) is 0 Å². The molecule has 1 aromatic carbocycles. The average Bonchev–Trinajstić information content (AvgIpc) is 2.80. The molecular weight excluding hydrogens is 422 g/mol. The lowest BCUT2D eigenvalue weighted by Gasteiger charge is -2.57. The van der Waals surface area contributed by atoms with Crippen LogP contribution in [-0.2, 0) is 6.42 Å². The van der Waals surface area contributed by atoms with Gasteiger partial charge in [0.15, 0.2) is 0 Å². The van der Waals surface area contributed by atoms with Crippen molar-refractivity contribution >= 4 is 11.8 Å². The van der Waals surface area contributed by atoms with Crippen molar-refractivity contribution in [1.29, 1.82) is 0 Å². The third kappa shape index (κ3) is 4.16. The minimum atomic E-state index is 0.0761. The third-order valence-corrected chi connectivity index (χ3v) is 8.80. The molecular formula is C28H37N5O. The number of hydrogen-bond acceptors (Lipinski definition) is 4. The molecule has 1 aromatic heterocycles. The van der Waals surface area contributed by atoms with E-state index in [-0.39, 0.29) is 11.6 Å². The van der Waals surface area contributed by atoms with Gasteiger partial charge in [-0.15, -0.1) is 0 Å². The summed E-state index contributed by atoms with van der Waals surface area (Å²) in [7, 11) is 0. The highest BCUT2D eigenvalue weighted by Crippen LogP contribution is 2.55. The van der Waals surface area contributed by atoms with Crippen LogP contribution < -0.4 is 10.2 Å². The lowest BCUT2D eigenvalue weighted by atomic mass is 9.53. The first-order valence-corrected chi connectivity index (χ1v) is 13.2. The molecule has 180 valence electrons. The van der Waals surface area contributed by atoms with Gasteiger partial charge in [-0.25, -0.2) is 14.8 Å². The Bertz CT molecular complexity index is 1020. The molecule has 6 nitrogen and oxygen atoms in total. The number of carbonyl (C=O) groups is 1. The average molecular weight is 460 g/mol. The zero-order valence-corrected chi connectivity index (χ0v) is 20.6. The Balaban J connectivity index is 1.13. The smallest absolute Gasteiger partial charge is 0.317 e. The van der Waals surface area contributed by atoms with Crippen LogP contribution in [0.25, 0.3) is 0 Å². The van der Waals surface area contributed by atoms with Crippen LogP contribution in [-0.4, -0.2) is 52.6 Å². The van der Waals surface area contributed by atoms with Gasteiger partial charge >= 0.3 is 6.03 Å². The molecule has 1 N–H and O–H groups in total. The SMILES string of the molecule is Cc1nc(C)c(Cc2ccccc2)c(N2CCN(C(=O)NC34CC5CC(CC(C5)C3)C4)CC2)n1. The zero-order valence-electron chi connectivity index (χ0n) is 20.6. The molecule has 6 heteroatoms. The van der Waals surface area contributed by atoms with E-state index in [9.17, 15) is 4.79 Å². The van der Waals surface area contributed by atoms with E-state index in [0.717, 1.165) is 67.7 Å². The summed E-state index contributed by atoms with van der Waals surface area (Å²) < 4.78 is 0. The standard InChI is InChI=1S/C28H37N5O/c1-19-25(15-21-6-4-3-5-7-21)26(30-20(2)29-19)32-8-10-33(11-9-32)27(34)31-28-16-22-12-23(17-28)14-24(13-22)18-28/h3-7,22-24H,8-18H2,1-2H3,(H,31,34). The molecule has 0 spiro atoms. The van der Waals surface area contributed by atoms with Crippen molar-refractivity contribution in [3.05, 3.63) is 53.0 Å². The number of amides is 2. The van der Waals surface area contributed by atoms with Gasteiger partial charge < -0.3 is 15.1 Å². The Morgan fingerprint density at radius 1 is 0.941 bits per heavy atom. The minimum absolute atomic E-state index is 0.0761. The normalized spacial score (nSPS) is 30.0. The number of rotatable bonds is 4. The van der Waals surface area contributed by atoms with E-state index in [4.69, 9.17) is 4.98 Å². The van der Waals surface area contributed by atoms with Gasteiger partial charge in [0.05, 0.1) is 0 Å². The molecule has 0 atom stereocenters. The van der Waals surface area contributed by atoms with Crippen LogP contribution >= 0.6 is 0 Å². The van der Waals surface area contributed by atoms with Crippen LogP contribution in [0.1, 0.15) is 61.2 Å². The number of anilines is 1. The van der Waals surface area contributed by atoms with Crippen molar-refractivity contribution in [2.45, 2.75) is 64.3 Å². The van der Waals surface area contributed by atoms with Crippen molar-refractivity contribution < 1.29 is 4.79 Å². The van der Waals surface area contributed by atoms with Gasteiger partial charge in [0.1, 0.15) is 11.6 Å². The summed E-state index contributed by atoms with van der Waals surface area (Å²) in [6.07, 6.45) is 8.63. The molecule has 4 aliphatic carbocycles. The Kier molecular flexibility index (Phi) is 5.50. The first-order valence-electron chi connectivity index (χ1n) is 13.2. The van der Waals surface area contributed by atoms with Crippen molar-refractivity contribution in [2.24, 2.45) is 17.8 Å². The maximum atomic E-state index is 13.3. The van der Waals surface area contributed by atoms with Crippen molar-refractivity contribution in [3.63, 3.8) is 0 Å². The summed E-state index contributed by atoms with van der Waals surface area (Å²) in [4.78, 5) is 27.2. The lowest BCUT2D eigenvalue weighted by molar-refractivity contribution is -0.0157. The minimum Gasteiger partial charge on any atom is -0.353 e. The number of hydrogen-bond donors (Lipinski definition) is 1. The van der Waals surface area contributed by atoms with Crippen molar-refractivity contribution in [3.8, 4) is 0 Å². The fourth-order valence-electron chi connectivity index (χ4n) is 7.68. The molecule has 2 heterocycles. The predicted octanol–water partition coefficient (Wildman–Crippen LogP) is 4.48. The first-order chi connectivity index (χ1) is 16.5. The van der Waals surface area contributed by atoms with Gasteiger partial charge in [-0.2, -0.15) is 0 Å². The van der Waals surface area contributed by atoms with Gasteiger partial charge in [-0.1, -0.05) is 30.3 Å². The van der Waals surface area contributed by atoms with E-state index in [1.807, 2.05) is 11.8 Å². The van der Waals surface area contributed by atoms with E-state index in [1.165, 1.54) is 49.7 Å². The Morgan fingerprint density at radius 3 is 2.18 bits per heavy atom. The Morgan fingerprint density at radius 2 is 1.56 bits per heavy atom. The summed E-state index contributed by atoms with van der Waals surface area (Å²) in [6, 6.07) is 10.7. The monoisotopic (exact) mass is 459 g/mol. The van der Waals surface area contributed by atoms with Gasteiger partial charge in [-0.3, -0.25) is 0 Å². The van der Waals surface area contributed by atoms with E-state index in [1.54, 1.807) is 0 Å². The summed E-state index contributed by atoms with van der Waals surface area (Å²) in [6.45, 7) is 7.16. The third-order valence-electron chi connectivity index (χ3n) is 8.80. The molecule has 5 fully saturated rings. The fraction of sp³-hybridized carbons (Fsp3) is 0.607. The number of urea groups is 1. The number of aryl methyl sites for hydroxylation is 2. The highest BCUT2D eigenvalue weighted by molar-refractivity contribution is 5.75. The first kappa shape index (κ1) is 21.9. The Labute approximate surface area is 203 Å². The topological polar surface area (TPSA) is 61.4 Å². The van der Waals surface area contributed by atoms with Crippen LogP contribution in [0.2, 0.25) is 0 Å². The number of nitrogens with zero attached hydrogens (tertiary/aromatic N) is 4. The highest BCUT2D eigenvalue weighted by Gasteiger charge is 2.51. The van der Waals surface area contributed by atoms with E-state index in [2.05, 4.69) is 52.5 Å². The number of piperazine rings is 1. The summed E-state index contributed by atoms with van der Waals surface area (Å²) in [5.41, 5.74) is 3.59. The maximum absolute atomic E-state index is 13.3. The number of nitrogens with one attached hydrogen (secondary N) is 1. The van der Waals surface area contributed by atoms with Gasteiger partial charge in [-0.05, 0) is 75.7 Å². The van der Waals surface area contributed by atoms with Crippen LogP contribution in [0.4, 0.5) is 10.6 Å². The molecule has 1 saturated heterocycles. The Hall–Kier alpha value is -2.63. The summed E-state index contributed by atoms with van der Waals surface area (Å²) in [5.74, 6) is 4.38. The van der Waals surface area contributed by atoms with Crippen LogP contribution in [0.15, 0.2) is 30.3 Å². The molecule has 4 bridgehead atoms. The molecule has 7 rings (SSSR count). The van der Waals surface area contributed by atoms with Crippen LogP contribution in [0, 0.1) is 31.6 Å². The predicted molar refractivity (Wildman–Crippen MR) is 134 cm³/mol. The number of aromatic nitrogens is 2. The molecule has 5 aliphatic rings. The van der Waals surface area contributed by atoms with Crippen molar-refractivity contribution in [1.82, 2.24) is 20.2 Å². The molecule has 2 amide bonds. The molecule has 4 saturated carbocycles. The molecule has 1 aliphatic heterocycles. The molecule has 0 unspecified atom stereocenters. The lowest BCUT2D eigenvalue weighted by Crippen LogP contribution is -2.63. The fourth-order valence-corrected chi connectivity index (χ4v) is 7.68. The quantitative estimate of drug-likeness (QED) is 0.732. The van der Waals surface area contributed by atoms with Crippen LogP contribution in [0.5, 0.6) is 0 Å². The second-order valence-electron chi connectivity index (χ2n) is 11.4. The van der Waals surface area contributed by atoms with Gasteiger partial charge in [0, 0.05) is 49.4 Å². The molecule has 0 radical (unpaired) electrons. The zero-order chi connectivity index (χ0) is 23.3. The van der Waals surface area contributed by atoms with E-state index >= 15 is 0 Å². The second kappa shape index (κ2) is 8.54. The molecule has 2 aromatic rings. The number of carbonyl (C=O) groups excluding carboxylic acids is 1. The highest BCUT2D eigenvalue weighted by atomic mass is 16.2.